The summed E-state index contributed by atoms with van der Waals surface area (Å²) in [6, 6.07) is 5.53. The van der Waals surface area contributed by atoms with Crippen molar-refractivity contribution in [2.45, 2.75) is 39.7 Å². The van der Waals surface area contributed by atoms with Gasteiger partial charge in [-0.25, -0.2) is 0 Å². The molecule has 1 unspecified atom stereocenters. The standard InChI is InChI=1S/C13H20N2O/c1-4-5-11(14)13(16)15-12-7-6-9(2)8-10(12)3/h6-8,11H,4-5,14H2,1-3H3,(H,15,16). The van der Waals surface area contributed by atoms with E-state index in [-0.39, 0.29) is 5.91 Å². The molecule has 88 valence electrons. The minimum absolute atomic E-state index is 0.103. The van der Waals surface area contributed by atoms with Crippen LogP contribution in [0.2, 0.25) is 0 Å². The van der Waals surface area contributed by atoms with Crippen LogP contribution in [-0.2, 0) is 4.79 Å². The first kappa shape index (κ1) is 12.7. The Morgan fingerprint density at radius 3 is 2.69 bits per heavy atom. The van der Waals surface area contributed by atoms with Gasteiger partial charge in [-0.2, -0.15) is 0 Å². The highest BCUT2D eigenvalue weighted by molar-refractivity contribution is 5.95. The van der Waals surface area contributed by atoms with Gasteiger partial charge in [0.15, 0.2) is 0 Å². The largest absolute Gasteiger partial charge is 0.324 e. The molecule has 0 bridgehead atoms. The van der Waals surface area contributed by atoms with E-state index in [2.05, 4.69) is 5.32 Å². The predicted octanol–water partition coefficient (Wildman–Crippen LogP) is 2.37. The molecule has 0 saturated carbocycles. The molecule has 0 aliphatic rings. The van der Waals surface area contributed by atoms with Crippen LogP contribution >= 0.6 is 0 Å². The van der Waals surface area contributed by atoms with Gasteiger partial charge in [0.05, 0.1) is 6.04 Å². The van der Waals surface area contributed by atoms with Gasteiger partial charge in [0, 0.05) is 5.69 Å². The van der Waals surface area contributed by atoms with Gasteiger partial charge in [0.25, 0.3) is 0 Å². The summed E-state index contributed by atoms with van der Waals surface area (Å²) in [6.45, 7) is 6.03. The highest BCUT2D eigenvalue weighted by atomic mass is 16.2. The molecule has 3 heteroatoms. The number of carbonyl (C=O) groups excluding carboxylic acids is 1. The van der Waals surface area contributed by atoms with Crippen LogP contribution in [0, 0.1) is 13.8 Å². The number of hydrogen-bond donors (Lipinski definition) is 2. The Morgan fingerprint density at radius 2 is 2.12 bits per heavy atom. The molecule has 3 nitrogen and oxygen atoms in total. The van der Waals surface area contributed by atoms with Gasteiger partial charge in [-0.05, 0) is 31.9 Å². The Kier molecular flexibility index (Phi) is 4.50. The zero-order chi connectivity index (χ0) is 12.1. The van der Waals surface area contributed by atoms with Gasteiger partial charge in [0.1, 0.15) is 0 Å². The second-order valence-electron chi connectivity index (χ2n) is 4.20. The van der Waals surface area contributed by atoms with Crippen LogP contribution in [-0.4, -0.2) is 11.9 Å². The Morgan fingerprint density at radius 1 is 1.44 bits per heavy atom. The lowest BCUT2D eigenvalue weighted by Crippen LogP contribution is -2.35. The van der Waals surface area contributed by atoms with Crippen LogP contribution in [0.5, 0.6) is 0 Å². The van der Waals surface area contributed by atoms with E-state index in [1.54, 1.807) is 0 Å². The van der Waals surface area contributed by atoms with Gasteiger partial charge in [0.2, 0.25) is 5.91 Å². The van der Waals surface area contributed by atoms with Crippen molar-refractivity contribution in [1.82, 2.24) is 0 Å². The van der Waals surface area contributed by atoms with Gasteiger partial charge < -0.3 is 11.1 Å². The van der Waals surface area contributed by atoms with E-state index in [0.717, 1.165) is 24.1 Å². The number of amides is 1. The number of aryl methyl sites for hydroxylation is 2. The molecule has 1 aromatic carbocycles. The number of nitrogens with two attached hydrogens (primary N) is 1. The van der Waals surface area contributed by atoms with Crippen molar-refractivity contribution in [3.05, 3.63) is 29.3 Å². The molecule has 0 aliphatic carbocycles. The summed E-state index contributed by atoms with van der Waals surface area (Å²) < 4.78 is 0. The normalized spacial score (nSPS) is 12.2. The monoisotopic (exact) mass is 220 g/mol. The quantitative estimate of drug-likeness (QED) is 0.818. The number of anilines is 1. The molecular weight excluding hydrogens is 200 g/mol. The Balaban J connectivity index is 2.69. The molecule has 1 atom stereocenters. The second kappa shape index (κ2) is 5.66. The number of benzene rings is 1. The van der Waals surface area contributed by atoms with Gasteiger partial charge in [-0.1, -0.05) is 31.0 Å². The fraction of sp³-hybridized carbons (Fsp3) is 0.462. The van der Waals surface area contributed by atoms with Crippen molar-refractivity contribution < 1.29 is 4.79 Å². The molecular formula is C13H20N2O. The van der Waals surface area contributed by atoms with Crippen LogP contribution < -0.4 is 11.1 Å². The van der Waals surface area contributed by atoms with Crippen molar-refractivity contribution >= 4 is 11.6 Å². The molecule has 16 heavy (non-hydrogen) atoms. The predicted molar refractivity (Wildman–Crippen MR) is 67.4 cm³/mol. The third kappa shape index (κ3) is 3.35. The van der Waals surface area contributed by atoms with Gasteiger partial charge >= 0.3 is 0 Å². The molecule has 0 heterocycles. The van der Waals surface area contributed by atoms with E-state index < -0.39 is 6.04 Å². The summed E-state index contributed by atoms with van der Waals surface area (Å²) in [5.74, 6) is -0.103. The van der Waals surface area contributed by atoms with Crippen LogP contribution in [0.1, 0.15) is 30.9 Å². The molecule has 0 fully saturated rings. The summed E-state index contributed by atoms with van der Waals surface area (Å²) >= 11 is 0. The highest BCUT2D eigenvalue weighted by Gasteiger charge is 2.12. The van der Waals surface area contributed by atoms with Crippen LogP contribution in [0.25, 0.3) is 0 Å². The van der Waals surface area contributed by atoms with Crippen LogP contribution in [0.15, 0.2) is 18.2 Å². The molecule has 1 aromatic rings. The highest BCUT2D eigenvalue weighted by Crippen LogP contribution is 2.16. The van der Waals surface area contributed by atoms with Crippen molar-refractivity contribution in [2.75, 3.05) is 5.32 Å². The summed E-state index contributed by atoms with van der Waals surface area (Å²) in [4.78, 5) is 11.7. The van der Waals surface area contributed by atoms with Gasteiger partial charge in [-0.3, -0.25) is 4.79 Å². The van der Waals surface area contributed by atoms with Crippen LogP contribution in [0.3, 0.4) is 0 Å². The molecule has 0 spiro atoms. The molecule has 0 radical (unpaired) electrons. The first-order valence-corrected chi connectivity index (χ1v) is 5.68. The lowest BCUT2D eigenvalue weighted by molar-refractivity contribution is -0.117. The van der Waals surface area contributed by atoms with Crippen molar-refractivity contribution in [3.63, 3.8) is 0 Å². The third-order valence-corrected chi connectivity index (χ3v) is 2.58. The minimum atomic E-state index is -0.411. The zero-order valence-electron chi connectivity index (χ0n) is 10.2. The van der Waals surface area contributed by atoms with Crippen molar-refractivity contribution in [1.29, 1.82) is 0 Å². The van der Waals surface area contributed by atoms with Crippen molar-refractivity contribution in [3.8, 4) is 0 Å². The summed E-state index contributed by atoms with van der Waals surface area (Å²) in [7, 11) is 0. The number of rotatable bonds is 4. The van der Waals surface area contributed by atoms with E-state index in [4.69, 9.17) is 5.73 Å². The van der Waals surface area contributed by atoms with E-state index >= 15 is 0 Å². The first-order chi connectivity index (χ1) is 7.54. The molecule has 0 aliphatic heterocycles. The molecule has 0 aromatic heterocycles. The maximum Gasteiger partial charge on any atom is 0.241 e. The fourth-order valence-electron chi connectivity index (χ4n) is 1.62. The number of hydrogen-bond acceptors (Lipinski definition) is 2. The Labute approximate surface area is 97.0 Å². The summed E-state index contributed by atoms with van der Waals surface area (Å²) in [6.07, 6.45) is 1.64. The lowest BCUT2D eigenvalue weighted by Gasteiger charge is -2.13. The zero-order valence-corrected chi connectivity index (χ0v) is 10.2. The fourth-order valence-corrected chi connectivity index (χ4v) is 1.62. The first-order valence-electron chi connectivity index (χ1n) is 5.68. The maximum atomic E-state index is 11.7. The Bertz CT molecular complexity index is 374. The summed E-state index contributed by atoms with van der Waals surface area (Å²) in [5, 5.41) is 2.86. The smallest absolute Gasteiger partial charge is 0.241 e. The van der Waals surface area contributed by atoms with Gasteiger partial charge in [-0.15, -0.1) is 0 Å². The Hall–Kier alpha value is -1.35. The topological polar surface area (TPSA) is 55.1 Å². The lowest BCUT2D eigenvalue weighted by atomic mass is 10.1. The SMILES string of the molecule is CCCC(N)C(=O)Nc1ccc(C)cc1C. The molecule has 1 amide bonds. The van der Waals surface area contributed by atoms with Crippen LogP contribution in [0.4, 0.5) is 5.69 Å². The summed E-state index contributed by atoms with van der Waals surface area (Å²) in [5.41, 5.74) is 8.85. The molecule has 0 saturated heterocycles. The van der Waals surface area contributed by atoms with E-state index in [0.29, 0.717) is 0 Å². The van der Waals surface area contributed by atoms with E-state index in [9.17, 15) is 4.79 Å². The number of carbonyl (C=O) groups is 1. The van der Waals surface area contributed by atoms with Crippen molar-refractivity contribution in [2.24, 2.45) is 5.73 Å². The third-order valence-electron chi connectivity index (χ3n) is 2.58. The average Bonchev–Trinajstić information content (AvgIpc) is 2.22. The number of nitrogens with one attached hydrogen (secondary N) is 1. The minimum Gasteiger partial charge on any atom is -0.324 e. The molecule has 3 N–H and O–H groups in total. The second-order valence-corrected chi connectivity index (χ2v) is 4.20. The van der Waals surface area contributed by atoms with E-state index in [1.807, 2.05) is 39.0 Å². The maximum absolute atomic E-state index is 11.7. The van der Waals surface area contributed by atoms with E-state index in [1.165, 1.54) is 5.56 Å². The average molecular weight is 220 g/mol. The molecule has 1 rings (SSSR count).